The molecule has 466 valence electrons. The first kappa shape index (κ1) is 73.5. The Kier molecular flexibility index (Phi) is 19.5. The van der Waals surface area contributed by atoms with Crippen molar-refractivity contribution in [3.63, 3.8) is 0 Å². The molecule has 1 heterocycles. The maximum atomic E-state index is 15.2. The lowest BCUT2D eigenvalue weighted by atomic mass is 10.2. The summed E-state index contributed by atoms with van der Waals surface area (Å²) in [5.74, 6) is -58.0. The van der Waals surface area contributed by atoms with E-state index in [2.05, 4.69) is 4.74 Å². The Bertz CT molecular complexity index is 2090. The Morgan fingerprint density at radius 1 is 0.333 bits per heavy atom. The van der Waals surface area contributed by atoms with Crippen molar-refractivity contribution >= 4 is 40.2 Å². The fraction of sp³-hybridized carbons (Fsp3) is 0.964. The molecule has 78 heavy (non-hydrogen) atoms. The predicted molar refractivity (Wildman–Crippen MR) is 179 cm³/mol. The van der Waals surface area contributed by atoms with Crippen LogP contribution in [0, 0.1) is 0 Å². The van der Waals surface area contributed by atoms with Crippen molar-refractivity contribution in [1.29, 1.82) is 0 Å². The predicted octanol–water partition coefficient (Wildman–Crippen LogP) is 13.6. The molecule has 0 spiro atoms. The van der Waals surface area contributed by atoms with E-state index in [-0.39, 0.29) is 0 Å². The molecule has 0 saturated carbocycles. The smallest absolute Gasteiger partial charge is 0.461 e. The summed E-state index contributed by atoms with van der Waals surface area (Å²) in [6.45, 7) is 7.85. The van der Waals surface area contributed by atoms with Gasteiger partial charge in [-0.3, -0.25) is 23.7 Å². The number of hydrogen-bond acceptors (Lipinski definition) is 11. The summed E-state index contributed by atoms with van der Waals surface area (Å²) in [5.41, 5.74) is 0. The van der Waals surface area contributed by atoms with Gasteiger partial charge in [0.15, 0.2) is 0 Å². The number of ether oxygens (including phenoxy) is 6. The van der Waals surface area contributed by atoms with Crippen LogP contribution in [0.3, 0.4) is 0 Å². The molecule has 1 aliphatic heterocycles. The highest BCUT2D eigenvalue weighted by molar-refractivity contribution is 6.93. The van der Waals surface area contributed by atoms with Crippen molar-refractivity contribution in [2.45, 2.75) is 161 Å². The third-order valence-corrected chi connectivity index (χ3v) is 25.1. The molecule has 1 aliphatic rings. The number of alkyl halides is 35. The van der Waals surface area contributed by atoms with Crippen LogP contribution in [0.2, 0.25) is 51.9 Å². The first-order chi connectivity index (χ1) is 33.2. The Hall–Kier alpha value is -2.47. The van der Waals surface area contributed by atoms with Crippen LogP contribution >= 0.6 is 0 Å². The highest BCUT2D eigenvalue weighted by atomic mass is 28.5. The number of esters is 1. The van der Waals surface area contributed by atoms with Gasteiger partial charge in [-0.05, 0) is 58.3 Å². The van der Waals surface area contributed by atoms with E-state index < -0.39 is 162 Å². The summed E-state index contributed by atoms with van der Waals surface area (Å²) in [6.07, 6.45) is -99.5. The van der Waals surface area contributed by atoms with E-state index in [9.17, 15) is 145 Å². The standard InChI is InChI=1S/C28H27F35O11Si4/c1-75(2)71-76(3,4)73-78(7,74-77(5,6)72-75)10-8-9-65-11(64)12(29,18(36,37)38)66-25(56,57)14(32,20(42,43)44)68-27(60,61)16(34,22(48,49)50)70-28(62,63)17(35,23(51,52)53)69-26(58,59)15(33,21(45,46)47)67-24(54,55)13(30,31)19(39,40)41/h8-10H2,1-7H3. The lowest BCUT2D eigenvalue weighted by Crippen LogP contribution is -2.73. The van der Waals surface area contributed by atoms with Gasteiger partial charge in [-0.25, -0.2) is 4.79 Å². The Balaban J connectivity index is 3.98. The number of hydrogen-bond donors (Lipinski definition) is 0. The molecule has 50 heteroatoms. The molecule has 0 aromatic heterocycles. The van der Waals surface area contributed by atoms with Crippen LogP contribution in [0.1, 0.15) is 6.42 Å². The summed E-state index contributed by atoms with van der Waals surface area (Å²) in [7, 11) is -13.7. The Labute approximate surface area is 411 Å². The topological polar surface area (TPSA) is 109 Å². The summed E-state index contributed by atoms with van der Waals surface area (Å²) in [4.78, 5) is 12.2. The van der Waals surface area contributed by atoms with Crippen LogP contribution in [0.25, 0.3) is 0 Å². The molecular weight excluding hydrogens is 1290 g/mol. The average Bonchev–Trinajstić information content (AvgIpc) is 3.10. The number of carbonyl (C=O) groups is 1. The van der Waals surface area contributed by atoms with Crippen molar-refractivity contribution in [2.24, 2.45) is 0 Å². The van der Waals surface area contributed by atoms with Crippen molar-refractivity contribution < 1.29 is 203 Å². The zero-order valence-corrected chi connectivity index (χ0v) is 41.8. The monoisotopic (exact) mass is 1320 g/mol. The Morgan fingerprint density at radius 3 is 0.821 bits per heavy atom. The molecule has 0 aliphatic carbocycles. The van der Waals surface area contributed by atoms with E-state index in [1.807, 2.05) is 0 Å². The third-order valence-electron chi connectivity index (χ3n) is 8.56. The normalized spacial score (nSPS) is 22.9. The minimum Gasteiger partial charge on any atom is -0.461 e. The fourth-order valence-corrected chi connectivity index (χ4v) is 27.3. The molecule has 1 saturated heterocycles. The van der Waals surface area contributed by atoms with Gasteiger partial charge in [0, 0.05) is 0 Å². The minimum absolute atomic E-state index is 0.675. The van der Waals surface area contributed by atoms with Crippen molar-refractivity contribution in [3.05, 3.63) is 0 Å². The first-order valence-electron chi connectivity index (χ1n) is 18.8. The zero-order chi connectivity index (χ0) is 63.3. The summed E-state index contributed by atoms with van der Waals surface area (Å²) >= 11 is 0. The Morgan fingerprint density at radius 2 is 0.577 bits per heavy atom. The minimum atomic E-state index is -9.65. The van der Waals surface area contributed by atoms with Crippen LogP contribution in [0.15, 0.2) is 0 Å². The van der Waals surface area contributed by atoms with Gasteiger partial charge in [0.1, 0.15) is 0 Å². The van der Waals surface area contributed by atoms with Crippen LogP contribution in [-0.4, -0.2) is 150 Å². The molecular formula is C28H27F35O11Si4. The first-order valence-corrected chi connectivity index (χ1v) is 29.8. The summed E-state index contributed by atoms with van der Waals surface area (Å²) in [5, 5.41) is 0. The molecule has 1 fully saturated rings. The molecule has 0 radical (unpaired) electrons. The highest BCUT2D eigenvalue weighted by Gasteiger charge is 2.91. The molecule has 0 amide bonds. The molecule has 0 aromatic carbocycles. The van der Waals surface area contributed by atoms with E-state index in [1.54, 1.807) is 4.74 Å². The highest BCUT2D eigenvalue weighted by Crippen LogP contribution is 2.62. The van der Waals surface area contributed by atoms with Gasteiger partial charge in [0.25, 0.3) is 0 Å². The molecule has 5 unspecified atom stereocenters. The van der Waals surface area contributed by atoms with Gasteiger partial charge in [0.05, 0.1) is 6.61 Å². The van der Waals surface area contributed by atoms with Crippen LogP contribution in [0.5, 0.6) is 0 Å². The lowest BCUT2D eigenvalue weighted by molar-refractivity contribution is -0.600. The SMILES string of the molecule is C[Si]1(C)O[Si](C)(C)O[Si](C)(CCCOC(=O)C(F)(OC(F)(F)C(F)(OC(F)(F)C(F)(OC(F)(F)C(F)(OC(F)(F)C(F)(OC(F)(F)C(F)(F)C(F)(F)F)C(F)(F)F)C(F)(F)F)C(F)(F)F)C(F)(F)F)C(F)(F)F)O[Si](C)(C)O1. The number of carbonyl (C=O) groups excluding carboxylic acids is 1. The average molecular weight is 1320 g/mol. The van der Waals surface area contributed by atoms with Gasteiger partial charge in [0.2, 0.25) is 0 Å². The van der Waals surface area contributed by atoms with E-state index in [1.165, 1.54) is 45.8 Å². The van der Waals surface area contributed by atoms with Crippen molar-refractivity contribution in [1.82, 2.24) is 0 Å². The molecule has 0 aromatic rings. The molecule has 5 atom stereocenters. The number of rotatable bonds is 20. The van der Waals surface area contributed by atoms with Gasteiger partial charge < -0.3 is 21.2 Å². The van der Waals surface area contributed by atoms with E-state index in [4.69, 9.17) is 16.5 Å². The van der Waals surface area contributed by atoms with Gasteiger partial charge in [-0.2, -0.15) is 154 Å². The van der Waals surface area contributed by atoms with Gasteiger partial charge in [-0.1, -0.05) is 0 Å². The quantitative estimate of drug-likeness (QED) is 0.0503. The van der Waals surface area contributed by atoms with Crippen molar-refractivity contribution in [2.75, 3.05) is 6.61 Å². The summed E-state index contributed by atoms with van der Waals surface area (Å²) in [6, 6.07) is -0.675. The van der Waals surface area contributed by atoms with Gasteiger partial charge >= 0.3 is 143 Å². The number of halogens is 35. The molecule has 0 bridgehead atoms. The van der Waals surface area contributed by atoms with E-state index in [0.717, 1.165) is 18.9 Å². The largest absolute Gasteiger partial charge is 0.462 e. The maximum Gasteiger partial charge on any atom is 0.462 e. The van der Waals surface area contributed by atoms with Crippen LogP contribution in [-0.2, 0) is 49.7 Å². The van der Waals surface area contributed by atoms with E-state index in [0.29, 0.717) is 0 Å². The molecule has 11 nitrogen and oxygen atoms in total. The fourth-order valence-electron chi connectivity index (χ4n) is 5.78. The summed E-state index contributed by atoms with van der Waals surface area (Å²) < 4.78 is 518. The van der Waals surface area contributed by atoms with Crippen LogP contribution < -0.4 is 0 Å². The molecule has 1 rings (SSSR count). The third kappa shape index (κ3) is 14.3. The lowest BCUT2D eigenvalue weighted by Gasteiger charge is -2.47. The molecule has 0 N–H and O–H groups in total. The second kappa shape index (κ2) is 20.7. The second-order valence-electron chi connectivity index (χ2n) is 16.6. The van der Waals surface area contributed by atoms with E-state index >= 15 is 13.2 Å². The van der Waals surface area contributed by atoms with Crippen molar-refractivity contribution in [3.8, 4) is 0 Å². The van der Waals surface area contributed by atoms with Crippen LogP contribution in [0.4, 0.5) is 154 Å². The second-order valence-corrected chi connectivity index (χ2v) is 31.0. The zero-order valence-electron chi connectivity index (χ0n) is 37.8. The van der Waals surface area contributed by atoms with Gasteiger partial charge in [-0.15, -0.1) is 0 Å². The maximum absolute atomic E-state index is 15.2.